The second-order valence-electron chi connectivity index (χ2n) is 5.71. The number of aromatic nitrogens is 1. The van der Waals surface area contributed by atoms with E-state index >= 15 is 0 Å². The van der Waals surface area contributed by atoms with E-state index in [2.05, 4.69) is 5.32 Å². The summed E-state index contributed by atoms with van der Waals surface area (Å²) in [5.41, 5.74) is 2.59. The quantitative estimate of drug-likeness (QED) is 0.826. The number of nitrogens with one attached hydrogen (secondary N) is 1. The summed E-state index contributed by atoms with van der Waals surface area (Å²) in [5.74, 6) is 0. The van der Waals surface area contributed by atoms with E-state index in [0.717, 1.165) is 24.4 Å². The Morgan fingerprint density at radius 1 is 1.23 bits per heavy atom. The lowest BCUT2D eigenvalue weighted by atomic mass is 10.0. The van der Waals surface area contributed by atoms with Gasteiger partial charge in [-0.3, -0.25) is 4.21 Å². The molecule has 0 fully saturated rings. The molecule has 1 atom stereocenters. The Balaban J connectivity index is 1.45. The molecule has 3 rings (SSSR count). The fraction of sp³-hybridized carbons (Fsp3) is 0.471. The fourth-order valence-electron chi connectivity index (χ4n) is 2.74. The van der Waals surface area contributed by atoms with E-state index in [1.54, 1.807) is 6.26 Å². The van der Waals surface area contributed by atoms with Gasteiger partial charge < -0.3 is 5.32 Å². The number of hydrogen-bond acceptors (Lipinski definition) is 4. The second-order valence-corrected chi connectivity index (χ2v) is 8.26. The van der Waals surface area contributed by atoms with Crippen molar-refractivity contribution in [3.63, 3.8) is 0 Å². The minimum atomic E-state index is -0.894. The molecule has 1 aliphatic rings. The normalized spacial score (nSPS) is 15.5. The topological polar surface area (TPSA) is 42.0 Å². The van der Waals surface area contributed by atoms with Gasteiger partial charge in [-0.05, 0) is 43.4 Å². The Morgan fingerprint density at radius 3 is 2.73 bits per heavy atom. The minimum absolute atomic E-state index is 0.849. The third-order valence-electron chi connectivity index (χ3n) is 3.99. The van der Waals surface area contributed by atoms with Crippen LogP contribution < -0.4 is 5.32 Å². The van der Waals surface area contributed by atoms with E-state index in [0.29, 0.717) is 0 Å². The average molecular weight is 335 g/mol. The van der Waals surface area contributed by atoms with Gasteiger partial charge in [0.1, 0.15) is 0 Å². The highest BCUT2D eigenvalue weighted by molar-refractivity contribution is 7.84. The smallest absolute Gasteiger partial charge is 0.0943 e. The first-order chi connectivity index (χ1) is 10.7. The molecular weight excluding hydrogens is 312 g/mol. The molecule has 0 amide bonds. The highest BCUT2D eigenvalue weighted by atomic mass is 32.2. The number of fused-ring (bicyclic) bond motifs is 1. The van der Waals surface area contributed by atoms with Gasteiger partial charge in [-0.25, -0.2) is 4.98 Å². The molecular formula is C17H22N2OS2. The first-order valence-electron chi connectivity index (χ1n) is 7.83. The molecule has 2 aromatic rings. The highest BCUT2D eigenvalue weighted by Gasteiger charge is 2.14. The highest BCUT2D eigenvalue weighted by Crippen LogP contribution is 2.26. The van der Waals surface area contributed by atoms with Crippen LogP contribution in [0.3, 0.4) is 0 Å². The third-order valence-corrected chi connectivity index (χ3v) is 6.14. The fourth-order valence-corrected chi connectivity index (χ4v) is 4.42. The molecule has 1 aromatic carbocycles. The van der Waals surface area contributed by atoms with E-state index in [9.17, 15) is 4.21 Å². The molecule has 22 heavy (non-hydrogen) atoms. The van der Waals surface area contributed by atoms with Crippen LogP contribution in [0.5, 0.6) is 0 Å². The Labute approximate surface area is 138 Å². The summed E-state index contributed by atoms with van der Waals surface area (Å²) < 4.78 is 11.3. The zero-order chi connectivity index (χ0) is 15.4. The van der Waals surface area contributed by atoms with Crippen LogP contribution in [0.1, 0.15) is 34.0 Å². The lowest BCUT2D eigenvalue weighted by molar-refractivity contribution is 0.669. The summed E-state index contributed by atoms with van der Waals surface area (Å²) >= 11 is 1.90. The molecule has 0 bridgehead atoms. The van der Waals surface area contributed by atoms with E-state index in [1.807, 2.05) is 35.6 Å². The van der Waals surface area contributed by atoms with Crippen molar-refractivity contribution in [2.24, 2.45) is 0 Å². The molecule has 0 aliphatic heterocycles. The van der Waals surface area contributed by atoms with Gasteiger partial charge in [0.2, 0.25) is 0 Å². The molecule has 1 aliphatic carbocycles. The van der Waals surface area contributed by atoms with Crippen molar-refractivity contribution in [1.82, 2.24) is 10.3 Å². The largest absolute Gasteiger partial charge is 0.312 e. The maximum absolute atomic E-state index is 11.3. The molecule has 0 saturated heterocycles. The second kappa shape index (κ2) is 7.49. The van der Waals surface area contributed by atoms with Gasteiger partial charge in [0, 0.05) is 46.3 Å². The van der Waals surface area contributed by atoms with E-state index in [1.165, 1.54) is 46.8 Å². The number of nitrogens with zero attached hydrogens (tertiary/aromatic N) is 1. The van der Waals surface area contributed by atoms with Crippen LogP contribution in [0.2, 0.25) is 0 Å². The number of hydrogen-bond donors (Lipinski definition) is 1. The van der Waals surface area contributed by atoms with Crippen LogP contribution in [0.4, 0.5) is 0 Å². The first-order valence-corrected chi connectivity index (χ1v) is 10.2. The van der Waals surface area contributed by atoms with Crippen molar-refractivity contribution in [2.75, 3.05) is 12.8 Å². The molecule has 1 heterocycles. The van der Waals surface area contributed by atoms with Gasteiger partial charge in [0.05, 0.1) is 10.7 Å². The first kappa shape index (κ1) is 15.8. The summed E-state index contributed by atoms with van der Waals surface area (Å²) in [7, 11) is -0.894. The van der Waals surface area contributed by atoms with E-state index < -0.39 is 10.8 Å². The van der Waals surface area contributed by atoms with Crippen molar-refractivity contribution < 1.29 is 4.21 Å². The maximum atomic E-state index is 11.3. The molecule has 0 spiro atoms. The molecule has 3 nitrogen and oxygen atoms in total. The maximum Gasteiger partial charge on any atom is 0.0943 e. The average Bonchev–Trinajstić information content (AvgIpc) is 2.95. The number of rotatable bonds is 6. The van der Waals surface area contributed by atoms with Gasteiger partial charge in [-0.1, -0.05) is 12.1 Å². The van der Waals surface area contributed by atoms with Gasteiger partial charge in [-0.15, -0.1) is 11.3 Å². The molecule has 5 heteroatoms. The summed E-state index contributed by atoms with van der Waals surface area (Å²) in [5, 5.41) is 4.74. The molecule has 1 N–H and O–H groups in total. The molecule has 0 saturated carbocycles. The van der Waals surface area contributed by atoms with E-state index in [-0.39, 0.29) is 0 Å². The van der Waals surface area contributed by atoms with Crippen molar-refractivity contribution in [1.29, 1.82) is 0 Å². The van der Waals surface area contributed by atoms with Crippen LogP contribution in [0.15, 0.2) is 29.2 Å². The van der Waals surface area contributed by atoms with Gasteiger partial charge in [0.15, 0.2) is 0 Å². The van der Waals surface area contributed by atoms with Crippen molar-refractivity contribution >= 4 is 22.1 Å². The monoisotopic (exact) mass is 334 g/mol. The number of thiazole rings is 1. The summed E-state index contributed by atoms with van der Waals surface area (Å²) in [6, 6.07) is 7.99. The van der Waals surface area contributed by atoms with Gasteiger partial charge >= 0.3 is 0 Å². The number of aryl methyl sites for hydroxylation is 2. The van der Waals surface area contributed by atoms with Crippen LogP contribution in [0.25, 0.3) is 0 Å². The van der Waals surface area contributed by atoms with Crippen molar-refractivity contribution in [3.8, 4) is 0 Å². The molecule has 0 radical (unpaired) electrons. The Morgan fingerprint density at radius 2 is 2.00 bits per heavy atom. The summed E-state index contributed by atoms with van der Waals surface area (Å²) in [4.78, 5) is 7.18. The Bertz CT molecular complexity index is 626. The molecule has 118 valence electrons. The Kier molecular flexibility index (Phi) is 5.39. The zero-order valence-corrected chi connectivity index (χ0v) is 14.6. The van der Waals surface area contributed by atoms with Gasteiger partial charge in [0.25, 0.3) is 0 Å². The lowest BCUT2D eigenvalue weighted by Gasteiger charge is -2.06. The number of benzene rings is 1. The van der Waals surface area contributed by atoms with Gasteiger partial charge in [-0.2, -0.15) is 0 Å². The van der Waals surface area contributed by atoms with Crippen LogP contribution in [-0.2, 0) is 36.6 Å². The standard InChI is InChI=1S/C17H22N2OS2/c1-22(20)14-8-6-13(7-9-14)12-18-11-10-17-19-15-4-2-3-5-16(15)21-17/h6-9,18H,2-5,10-12H2,1H3. The zero-order valence-electron chi connectivity index (χ0n) is 12.9. The molecule has 1 aromatic heterocycles. The Hall–Kier alpha value is -1.04. The van der Waals surface area contributed by atoms with Crippen LogP contribution >= 0.6 is 11.3 Å². The summed E-state index contributed by atoms with van der Waals surface area (Å²) in [6.07, 6.45) is 7.74. The predicted octanol–water partition coefficient (Wildman–Crippen LogP) is 3.09. The summed E-state index contributed by atoms with van der Waals surface area (Å²) in [6.45, 7) is 1.80. The van der Waals surface area contributed by atoms with Crippen molar-refractivity contribution in [3.05, 3.63) is 45.4 Å². The molecule has 1 unspecified atom stereocenters. The van der Waals surface area contributed by atoms with E-state index in [4.69, 9.17) is 4.98 Å². The SMILES string of the molecule is CS(=O)c1ccc(CNCCc2nc3c(s2)CCCC3)cc1. The van der Waals surface area contributed by atoms with Crippen molar-refractivity contribution in [2.45, 2.75) is 43.5 Å². The van der Waals surface area contributed by atoms with Crippen LogP contribution in [-0.4, -0.2) is 22.0 Å². The van der Waals surface area contributed by atoms with Crippen LogP contribution in [0, 0.1) is 0 Å². The lowest BCUT2D eigenvalue weighted by Crippen LogP contribution is -2.16. The third kappa shape index (κ3) is 4.03. The minimum Gasteiger partial charge on any atom is -0.312 e. The predicted molar refractivity (Wildman–Crippen MR) is 92.9 cm³/mol.